The van der Waals surface area contributed by atoms with Crippen LogP contribution >= 0.6 is 17.0 Å². The Morgan fingerprint density at radius 3 is 2.67 bits per heavy atom. The average Bonchev–Trinajstić information content (AvgIpc) is 2.69. The van der Waals surface area contributed by atoms with Crippen LogP contribution in [0.3, 0.4) is 0 Å². The highest BCUT2D eigenvalue weighted by Crippen LogP contribution is 2.26. The van der Waals surface area contributed by atoms with Crippen LogP contribution < -0.4 is 11.3 Å². The van der Waals surface area contributed by atoms with Gasteiger partial charge in [-0.05, 0) is 36.1 Å². The predicted molar refractivity (Wildman–Crippen MR) is 76.0 cm³/mol. The van der Waals surface area contributed by atoms with Gasteiger partial charge in [0.1, 0.15) is 0 Å². The summed E-state index contributed by atoms with van der Waals surface area (Å²) in [6, 6.07) is 9.70. The summed E-state index contributed by atoms with van der Waals surface area (Å²) in [5, 5.41) is 6.47. The monoisotopic (exact) mass is 307 g/mol. The fraction of sp³-hybridized carbons (Fsp3) is 0.231. The number of nitrogens with two attached hydrogens (primary N) is 1. The fourth-order valence-electron chi connectivity index (χ4n) is 2.32. The molecule has 0 fully saturated rings. The molecule has 5 heteroatoms. The molecule has 0 saturated carbocycles. The standard InChI is InChI=1S/C13H13N3O.BrH/c14-11-6-8-1-2-9(5-10(8)7-11)12-3-4-13(17)16-15-12;/h1-5,11H,6-7,14H2,(H,16,17);1H. The quantitative estimate of drug-likeness (QED) is 0.837. The Labute approximate surface area is 115 Å². The molecule has 1 aromatic heterocycles. The molecule has 1 unspecified atom stereocenters. The number of rotatable bonds is 1. The van der Waals surface area contributed by atoms with Gasteiger partial charge >= 0.3 is 0 Å². The normalized spacial score (nSPS) is 17.1. The maximum Gasteiger partial charge on any atom is 0.264 e. The molecular weight excluding hydrogens is 294 g/mol. The zero-order valence-electron chi connectivity index (χ0n) is 9.72. The molecule has 3 N–H and O–H groups in total. The molecule has 0 bridgehead atoms. The van der Waals surface area contributed by atoms with E-state index in [0.717, 1.165) is 24.1 Å². The van der Waals surface area contributed by atoms with Crippen LogP contribution in [0.2, 0.25) is 0 Å². The summed E-state index contributed by atoms with van der Waals surface area (Å²) in [6.07, 6.45) is 1.88. The SMILES string of the molecule is Br.NC1Cc2ccc(-c3ccc(=O)[nH]n3)cc2C1. The lowest BCUT2D eigenvalue weighted by atomic mass is 10.0. The second kappa shape index (κ2) is 5.04. The molecule has 18 heavy (non-hydrogen) atoms. The van der Waals surface area contributed by atoms with Gasteiger partial charge in [-0.3, -0.25) is 4.79 Å². The van der Waals surface area contributed by atoms with E-state index in [1.165, 1.54) is 17.2 Å². The average molecular weight is 308 g/mol. The highest BCUT2D eigenvalue weighted by atomic mass is 79.9. The molecule has 1 aromatic carbocycles. The zero-order valence-corrected chi connectivity index (χ0v) is 11.4. The molecule has 0 saturated heterocycles. The Morgan fingerprint density at radius 1 is 1.17 bits per heavy atom. The number of aromatic nitrogens is 2. The number of benzene rings is 1. The van der Waals surface area contributed by atoms with Gasteiger partial charge in [-0.2, -0.15) is 5.10 Å². The number of fused-ring (bicyclic) bond motifs is 1. The van der Waals surface area contributed by atoms with Crippen LogP contribution in [-0.4, -0.2) is 16.2 Å². The summed E-state index contributed by atoms with van der Waals surface area (Å²) in [6.45, 7) is 0. The number of aromatic amines is 1. The molecule has 3 rings (SSSR count). The molecular formula is C13H14BrN3O. The van der Waals surface area contributed by atoms with Gasteiger partial charge in [0.2, 0.25) is 0 Å². The van der Waals surface area contributed by atoms with Crippen LogP contribution in [0, 0.1) is 0 Å². The van der Waals surface area contributed by atoms with E-state index in [1.54, 1.807) is 6.07 Å². The molecule has 0 amide bonds. The summed E-state index contributed by atoms with van der Waals surface area (Å²) >= 11 is 0. The first-order valence-corrected chi connectivity index (χ1v) is 5.66. The Morgan fingerprint density at radius 2 is 1.94 bits per heavy atom. The van der Waals surface area contributed by atoms with Crippen molar-refractivity contribution in [3.63, 3.8) is 0 Å². The van der Waals surface area contributed by atoms with Gasteiger partial charge in [0, 0.05) is 17.7 Å². The smallest absolute Gasteiger partial charge is 0.264 e. The van der Waals surface area contributed by atoms with E-state index < -0.39 is 0 Å². The minimum absolute atomic E-state index is 0. The van der Waals surface area contributed by atoms with Gasteiger partial charge in [0.05, 0.1) is 5.69 Å². The van der Waals surface area contributed by atoms with Crippen molar-refractivity contribution >= 4 is 17.0 Å². The van der Waals surface area contributed by atoms with E-state index in [9.17, 15) is 4.79 Å². The highest BCUT2D eigenvalue weighted by molar-refractivity contribution is 8.93. The Kier molecular flexibility index (Phi) is 3.63. The largest absolute Gasteiger partial charge is 0.327 e. The topological polar surface area (TPSA) is 71.8 Å². The first-order valence-electron chi connectivity index (χ1n) is 5.66. The van der Waals surface area contributed by atoms with Crippen LogP contribution in [0.5, 0.6) is 0 Å². The van der Waals surface area contributed by atoms with Gasteiger partial charge < -0.3 is 5.73 Å². The summed E-state index contributed by atoms with van der Waals surface area (Å²) in [5.41, 5.74) is 10.2. The van der Waals surface area contributed by atoms with Crippen LogP contribution in [0.4, 0.5) is 0 Å². The predicted octanol–water partition coefficient (Wildman–Crippen LogP) is 1.44. The zero-order chi connectivity index (χ0) is 11.8. The van der Waals surface area contributed by atoms with Crippen molar-refractivity contribution in [1.82, 2.24) is 10.2 Å². The summed E-state index contributed by atoms with van der Waals surface area (Å²) in [5.74, 6) is 0. The first kappa shape index (κ1) is 13.0. The fourth-order valence-corrected chi connectivity index (χ4v) is 2.32. The summed E-state index contributed by atoms with van der Waals surface area (Å²) in [7, 11) is 0. The third-order valence-corrected chi connectivity index (χ3v) is 3.15. The van der Waals surface area contributed by atoms with Gasteiger partial charge in [0.15, 0.2) is 0 Å². The lowest BCUT2D eigenvalue weighted by Crippen LogP contribution is -2.18. The van der Waals surface area contributed by atoms with Crippen molar-refractivity contribution in [2.75, 3.05) is 0 Å². The third kappa shape index (κ3) is 2.37. The van der Waals surface area contributed by atoms with Crippen molar-refractivity contribution in [2.45, 2.75) is 18.9 Å². The van der Waals surface area contributed by atoms with E-state index in [1.807, 2.05) is 6.07 Å². The summed E-state index contributed by atoms with van der Waals surface area (Å²) < 4.78 is 0. The van der Waals surface area contributed by atoms with Crippen LogP contribution in [0.1, 0.15) is 11.1 Å². The van der Waals surface area contributed by atoms with E-state index in [0.29, 0.717) is 0 Å². The third-order valence-electron chi connectivity index (χ3n) is 3.15. The first-order chi connectivity index (χ1) is 8.22. The number of halogens is 1. The number of hydrogen-bond acceptors (Lipinski definition) is 3. The molecule has 2 aromatic rings. The molecule has 1 heterocycles. The minimum Gasteiger partial charge on any atom is -0.327 e. The van der Waals surface area contributed by atoms with Crippen LogP contribution in [-0.2, 0) is 12.8 Å². The van der Waals surface area contributed by atoms with Crippen molar-refractivity contribution < 1.29 is 0 Å². The lowest BCUT2D eigenvalue weighted by Gasteiger charge is -2.03. The van der Waals surface area contributed by atoms with Gasteiger partial charge in [-0.1, -0.05) is 12.1 Å². The number of hydrogen-bond donors (Lipinski definition) is 2. The minimum atomic E-state index is -0.183. The molecule has 0 spiro atoms. The lowest BCUT2D eigenvalue weighted by molar-refractivity contribution is 0.721. The molecule has 1 aliphatic carbocycles. The van der Waals surface area contributed by atoms with E-state index >= 15 is 0 Å². The Bertz CT molecular complexity index is 603. The van der Waals surface area contributed by atoms with Gasteiger partial charge in [0.25, 0.3) is 5.56 Å². The van der Waals surface area contributed by atoms with E-state index in [4.69, 9.17) is 5.73 Å². The second-order valence-corrected chi connectivity index (χ2v) is 4.46. The molecule has 0 aliphatic heterocycles. The molecule has 4 nitrogen and oxygen atoms in total. The maximum absolute atomic E-state index is 10.9. The summed E-state index contributed by atoms with van der Waals surface area (Å²) in [4.78, 5) is 10.9. The van der Waals surface area contributed by atoms with Crippen molar-refractivity contribution in [1.29, 1.82) is 0 Å². The number of nitrogens with one attached hydrogen (secondary N) is 1. The van der Waals surface area contributed by atoms with Crippen molar-refractivity contribution in [3.8, 4) is 11.3 Å². The van der Waals surface area contributed by atoms with Gasteiger partial charge in [-0.25, -0.2) is 5.10 Å². The van der Waals surface area contributed by atoms with Crippen molar-refractivity contribution in [2.24, 2.45) is 5.73 Å². The molecule has 94 valence electrons. The highest BCUT2D eigenvalue weighted by Gasteiger charge is 2.18. The van der Waals surface area contributed by atoms with E-state index in [-0.39, 0.29) is 28.6 Å². The number of H-pyrrole nitrogens is 1. The maximum atomic E-state index is 10.9. The van der Waals surface area contributed by atoms with Crippen LogP contribution in [0.15, 0.2) is 35.1 Å². The van der Waals surface area contributed by atoms with Crippen molar-refractivity contribution in [3.05, 3.63) is 51.8 Å². The van der Waals surface area contributed by atoms with Crippen LogP contribution in [0.25, 0.3) is 11.3 Å². The Hall–Kier alpha value is -1.46. The molecule has 1 aliphatic rings. The Balaban J connectivity index is 0.00000120. The molecule has 0 radical (unpaired) electrons. The van der Waals surface area contributed by atoms with Gasteiger partial charge in [-0.15, -0.1) is 17.0 Å². The number of nitrogens with zero attached hydrogens (tertiary/aromatic N) is 1. The molecule has 1 atom stereocenters. The van der Waals surface area contributed by atoms with E-state index in [2.05, 4.69) is 22.3 Å². The second-order valence-electron chi connectivity index (χ2n) is 4.46.